The van der Waals surface area contributed by atoms with Crippen LogP contribution in [0.4, 0.5) is 11.4 Å². The quantitative estimate of drug-likeness (QED) is 0.126. The van der Waals surface area contributed by atoms with Crippen molar-refractivity contribution in [2.24, 2.45) is 7.05 Å². The van der Waals surface area contributed by atoms with E-state index in [1.54, 1.807) is 29.1 Å². The number of nitrogens with zero attached hydrogens (tertiary/aromatic N) is 6. The second-order valence-electron chi connectivity index (χ2n) is 16.2. The first kappa shape index (κ1) is 42.6. The Bertz CT molecular complexity index is 2280. The van der Waals surface area contributed by atoms with Gasteiger partial charge in [0.05, 0.1) is 24.1 Å². The van der Waals surface area contributed by atoms with Gasteiger partial charge in [-0.15, -0.1) is 0 Å². The molecule has 316 valence electrons. The number of halogens is 1. The maximum atomic E-state index is 13.4. The lowest BCUT2D eigenvalue weighted by atomic mass is 9.87. The lowest BCUT2D eigenvalue weighted by Crippen LogP contribution is -2.52. The molecule has 3 aliphatic heterocycles. The standard InChI is InChI=1S/C45H53BrN8O6/c1-50-26-33(24-34(28-50)48-36-25-47-53(4)45(59)41(36)46)30-13-15-31(16-14-30)43(57)52(3)22-7-21-51(2)35-17-11-29(12-18-35)8-6-23-60-38-10-5-9-32-27-54(44(58)40(32)38)37-19-20-39(55)49-42(37)56/h5,9-18,25,33-34,37,48H,6-8,19-24,26-28H2,1-4H3,(H,49,55,56)/t33-,34+,37?/m0/s1. The number of anilines is 2. The van der Waals surface area contributed by atoms with Crippen molar-refractivity contribution in [3.63, 3.8) is 0 Å². The van der Waals surface area contributed by atoms with Crippen molar-refractivity contribution in [3.8, 4) is 5.75 Å². The predicted octanol–water partition coefficient (Wildman–Crippen LogP) is 4.81. The Morgan fingerprint density at radius 3 is 2.48 bits per heavy atom. The average Bonchev–Trinajstić information content (AvgIpc) is 3.58. The zero-order valence-electron chi connectivity index (χ0n) is 34.7. The summed E-state index contributed by atoms with van der Waals surface area (Å²) in [6.45, 7) is 3.93. The Morgan fingerprint density at radius 1 is 0.967 bits per heavy atom. The molecule has 0 saturated carbocycles. The number of hydrogen-bond acceptors (Lipinski definition) is 10. The molecule has 0 bridgehead atoms. The van der Waals surface area contributed by atoms with Crippen LogP contribution in [-0.2, 0) is 29.6 Å². The first-order valence-electron chi connectivity index (χ1n) is 20.6. The van der Waals surface area contributed by atoms with E-state index in [9.17, 15) is 24.0 Å². The maximum absolute atomic E-state index is 13.4. The van der Waals surface area contributed by atoms with Gasteiger partial charge >= 0.3 is 0 Å². The van der Waals surface area contributed by atoms with Gasteiger partial charge in [0.15, 0.2) is 0 Å². The van der Waals surface area contributed by atoms with Crippen molar-refractivity contribution >= 4 is 50.9 Å². The minimum Gasteiger partial charge on any atom is -0.493 e. The molecule has 3 aliphatic rings. The fourth-order valence-corrected chi connectivity index (χ4v) is 8.94. The lowest BCUT2D eigenvalue weighted by molar-refractivity contribution is -0.136. The van der Waals surface area contributed by atoms with Crippen molar-refractivity contribution in [1.82, 2.24) is 29.8 Å². The van der Waals surface area contributed by atoms with E-state index in [-0.39, 0.29) is 41.7 Å². The molecule has 60 heavy (non-hydrogen) atoms. The van der Waals surface area contributed by atoms with E-state index in [2.05, 4.69) is 92.0 Å². The molecule has 2 saturated heterocycles. The topological polar surface area (TPSA) is 149 Å². The Labute approximate surface area is 359 Å². The van der Waals surface area contributed by atoms with Crippen LogP contribution in [-0.4, -0.2) is 114 Å². The molecule has 2 N–H and O–H groups in total. The van der Waals surface area contributed by atoms with E-state index in [0.29, 0.717) is 53.2 Å². The van der Waals surface area contributed by atoms with Gasteiger partial charge in [0.1, 0.15) is 16.3 Å². The number of benzene rings is 3. The zero-order valence-corrected chi connectivity index (χ0v) is 36.2. The van der Waals surface area contributed by atoms with Crippen molar-refractivity contribution < 1.29 is 23.9 Å². The van der Waals surface area contributed by atoms with Crippen LogP contribution in [0.1, 0.15) is 75.4 Å². The molecule has 3 aromatic carbocycles. The van der Waals surface area contributed by atoms with Gasteiger partial charge in [-0.05, 0) is 108 Å². The molecule has 0 spiro atoms. The number of fused-ring (bicyclic) bond motifs is 1. The molecule has 14 nitrogen and oxygen atoms in total. The largest absolute Gasteiger partial charge is 0.493 e. The van der Waals surface area contributed by atoms with Gasteiger partial charge in [-0.1, -0.05) is 36.4 Å². The molecule has 4 aromatic rings. The summed E-state index contributed by atoms with van der Waals surface area (Å²) in [6.07, 6.45) is 5.50. The number of rotatable bonds is 15. The highest BCUT2D eigenvalue weighted by atomic mass is 79.9. The number of carbonyl (C=O) groups is 4. The fourth-order valence-electron chi connectivity index (χ4n) is 8.47. The van der Waals surface area contributed by atoms with Gasteiger partial charge in [0.2, 0.25) is 11.8 Å². The minimum atomic E-state index is -0.657. The van der Waals surface area contributed by atoms with Gasteiger partial charge in [-0.2, -0.15) is 5.10 Å². The van der Waals surface area contributed by atoms with Crippen LogP contribution in [0, 0.1) is 0 Å². The second kappa shape index (κ2) is 18.8. The molecule has 4 heterocycles. The fraction of sp³-hybridized carbons (Fsp3) is 0.422. The van der Waals surface area contributed by atoms with Crippen LogP contribution in [0.5, 0.6) is 5.75 Å². The third-order valence-corrected chi connectivity index (χ3v) is 12.6. The molecule has 1 aromatic heterocycles. The monoisotopic (exact) mass is 880 g/mol. The van der Waals surface area contributed by atoms with Crippen molar-refractivity contribution in [2.45, 2.75) is 63.1 Å². The highest BCUT2D eigenvalue weighted by Gasteiger charge is 2.40. The Hall–Kier alpha value is -5.54. The van der Waals surface area contributed by atoms with Gasteiger partial charge in [-0.3, -0.25) is 29.3 Å². The van der Waals surface area contributed by atoms with E-state index < -0.39 is 11.9 Å². The van der Waals surface area contributed by atoms with E-state index in [4.69, 9.17) is 4.74 Å². The lowest BCUT2D eigenvalue weighted by Gasteiger charge is -2.37. The van der Waals surface area contributed by atoms with Crippen LogP contribution in [0.15, 0.2) is 82.2 Å². The summed E-state index contributed by atoms with van der Waals surface area (Å²) in [4.78, 5) is 70.9. The highest BCUT2D eigenvalue weighted by Crippen LogP contribution is 2.34. The Balaban J connectivity index is 0.828. The molecule has 0 radical (unpaired) electrons. The summed E-state index contributed by atoms with van der Waals surface area (Å²) in [5.74, 6) is -0.174. The Kier molecular flexibility index (Phi) is 13.3. The van der Waals surface area contributed by atoms with Crippen LogP contribution in [0.25, 0.3) is 0 Å². The van der Waals surface area contributed by atoms with Gasteiger partial charge in [0.25, 0.3) is 17.4 Å². The summed E-state index contributed by atoms with van der Waals surface area (Å²) in [7, 11) is 7.64. The number of likely N-dealkylation sites (N-methyl/N-ethyl adjacent to an activating group) is 1. The minimum absolute atomic E-state index is 0.00158. The van der Waals surface area contributed by atoms with E-state index in [1.807, 2.05) is 31.3 Å². The number of imide groups is 1. The SMILES string of the molecule is CN1C[C@H](Nc2cnn(C)c(=O)c2Br)C[C@H](c2ccc(C(=O)N(C)CCCN(C)c3ccc(CCCOc4cccc5c4C(=O)N(C4CCC(=O)NC4=O)C5)cc3)cc2)C1. The number of ether oxygens (including phenoxy) is 1. The van der Waals surface area contributed by atoms with Crippen molar-refractivity contribution in [1.29, 1.82) is 0 Å². The molecule has 0 aliphatic carbocycles. The van der Waals surface area contributed by atoms with Crippen molar-refractivity contribution in [2.75, 3.05) is 64.1 Å². The third-order valence-electron chi connectivity index (χ3n) is 11.8. The van der Waals surface area contributed by atoms with Crippen molar-refractivity contribution in [3.05, 3.63) is 116 Å². The molecule has 1 unspecified atom stereocenters. The summed E-state index contributed by atoms with van der Waals surface area (Å²) < 4.78 is 7.88. The number of hydrogen-bond donors (Lipinski definition) is 2. The maximum Gasteiger partial charge on any atom is 0.282 e. The molecule has 4 amide bonds. The highest BCUT2D eigenvalue weighted by molar-refractivity contribution is 9.10. The summed E-state index contributed by atoms with van der Waals surface area (Å²) in [6, 6.07) is 21.5. The van der Waals surface area contributed by atoms with E-state index in [1.165, 1.54) is 15.8 Å². The number of carbonyl (C=O) groups excluding carboxylic acids is 4. The number of piperidine rings is 2. The molecular formula is C45H53BrN8O6. The van der Waals surface area contributed by atoms with Crippen LogP contribution in [0.2, 0.25) is 0 Å². The number of amides is 4. The van der Waals surface area contributed by atoms with E-state index in [0.717, 1.165) is 56.6 Å². The van der Waals surface area contributed by atoms with Gasteiger partial charge in [0, 0.05) is 77.6 Å². The number of likely N-dealkylation sites (tertiary alicyclic amines) is 1. The third kappa shape index (κ3) is 9.73. The molecule has 3 atom stereocenters. The van der Waals surface area contributed by atoms with E-state index >= 15 is 0 Å². The number of aromatic nitrogens is 2. The smallest absolute Gasteiger partial charge is 0.282 e. The normalized spacial score (nSPS) is 19.2. The Morgan fingerprint density at radius 2 is 1.73 bits per heavy atom. The molecular weight excluding hydrogens is 828 g/mol. The molecule has 2 fully saturated rings. The van der Waals surface area contributed by atoms with Crippen LogP contribution in [0.3, 0.4) is 0 Å². The zero-order chi connectivity index (χ0) is 42.5. The average molecular weight is 882 g/mol. The van der Waals surface area contributed by atoms with Gasteiger partial charge < -0.3 is 29.7 Å². The molecule has 7 rings (SSSR count). The van der Waals surface area contributed by atoms with Gasteiger partial charge in [-0.25, -0.2) is 4.68 Å². The predicted molar refractivity (Wildman–Crippen MR) is 233 cm³/mol. The first-order chi connectivity index (χ1) is 28.9. The molecule has 15 heteroatoms. The summed E-state index contributed by atoms with van der Waals surface area (Å²) >= 11 is 3.42. The summed E-state index contributed by atoms with van der Waals surface area (Å²) in [5, 5.41) is 10.0. The summed E-state index contributed by atoms with van der Waals surface area (Å²) in [5.41, 5.74) is 5.97. The first-order valence-corrected chi connectivity index (χ1v) is 21.4. The van der Waals surface area contributed by atoms with Crippen LogP contribution < -0.4 is 25.8 Å². The second-order valence-corrected chi connectivity index (χ2v) is 17.0. The number of aryl methyl sites for hydroxylation is 2. The number of nitrogens with one attached hydrogen (secondary N) is 2. The van der Waals surface area contributed by atoms with Crippen LogP contribution >= 0.6 is 15.9 Å².